The molecule has 1 rings (SSSR count). The number of aryl methyl sites for hydroxylation is 1. The van der Waals surface area contributed by atoms with E-state index in [0.29, 0.717) is 0 Å². The molecule has 112 valence electrons. The van der Waals surface area contributed by atoms with Crippen LogP contribution in [0.15, 0.2) is 29.3 Å². The summed E-state index contributed by atoms with van der Waals surface area (Å²) in [6.45, 7) is 2.07. The molecule has 0 saturated heterocycles. The molecule has 0 aliphatic heterocycles. The molecule has 0 saturated carbocycles. The van der Waals surface area contributed by atoms with Crippen LogP contribution in [0.3, 0.4) is 0 Å². The Morgan fingerprint density at radius 2 is 1.40 bits per heavy atom. The molecule has 0 unspecified atom stereocenters. The normalized spacial score (nSPS) is 13.2. The van der Waals surface area contributed by atoms with Crippen LogP contribution in [0, 0.1) is 6.92 Å². The molecule has 0 fully saturated rings. The van der Waals surface area contributed by atoms with Gasteiger partial charge in [-0.15, -0.1) is 0 Å². The first-order chi connectivity index (χ1) is 9.19. The van der Waals surface area contributed by atoms with Gasteiger partial charge in [0.1, 0.15) is 6.34 Å². The van der Waals surface area contributed by atoms with Crippen molar-refractivity contribution in [3.63, 3.8) is 0 Å². The standard InChI is InChI=1S/C14H25N4PS/c1-12-8-10-13(11-9-12)15-14(16(2)3)19(20,17(4)5)18(6)7/h8-11H,1-7H3. The van der Waals surface area contributed by atoms with E-state index in [1.54, 1.807) is 0 Å². The minimum Gasteiger partial charge on any atom is -0.360 e. The average molecular weight is 312 g/mol. The highest BCUT2D eigenvalue weighted by Gasteiger charge is 2.31. The number of rotatable bonds is 4. The van der Waals surface area contributed by atoms with E-state index in [0.717, 1.165) is 11.3 Å². The van der Waals surface area contributed by atoms with Crippen molar-refractivity contribution in [2.45, 2.75) is 6.92 Å². The van der Waals surface area contributed by atoms with E-state index < -0.39 is 6.34 Å². The second kappa shape index (κ2) is 6.81. The average Bonchev–Trinajstić information content (AvgIpc) is 2.36. The highest BCUT2D eigenvalue weighted by Crippen LogP contribution is 2.52. The van der Waals surface area contributed by atoms with E-state index in [4.69, 9.17) is 16.8 Å². The molecule has 0 amide bonds. The van der Waals surface area contributed by atoms with Gasteiger partial charge in [0.25, 0.3) is 0 Å². The van der Waals surface area contributed by atoms with Crippen molar-refractivity contribution in [1.82, 2.24) is 14.2 Å². The van der Waals surface area contributed by atoms with Crippen LogP contribution in [0.25, 0.3) is 0 Å². The summed E-state index contributed by atoms with van der Waals surface area (Å²) in [7, 11) is 12.1. The molecule has 0 aromatic heterocycles. The number of benzene rings is 1. The Morgan fingerprint density at radius 3 is 1.75 bits per heavy atom. The van der Waals surface area contributed by atoms with Crippen molar-refractivity contribution in [3.05, 3.63) is 29.8 Å². The van der Waals surface area contributed by atoms with Crippen LogP contribution in [0.4, 0.5) is 5.69 Å². The van der Waals surface area contributed by atoms with Gasteiger partial charge in [0.15, 0.2) is 5.58 Å². The Kier molecular flexibility index (Phi) is 5.90. The first-order valence-corrected chi connectivity index (χ1v) is 9.19. The van der Waals surface area contributed by atoms with Gasteiger partial charge in [-0.1, -0.05) is 29.5 Å². The SMILES string of the molecule is Cc1ccc(N=C(N(C)C)P(=S)(N(C)C)N(C)C)cc1. The van der Waals surface area contributed by atoms with E-state index >= 15 is 0 Å². The maximum absolute atomic E-state index is 5.96. The molecule has 4 nitrogen and oxygen atoms in total. The lowest BCUT2D eigenvalue weighted by Crippen LogP contribution is -2.33. The summed E-state index contributed by atoms with van der Waals surface area (Å²) < 4.78 is 4.21. The first kappa shape index (κ1) is 17.3. The van der Waals surface area contributed by atoms with Gasteiger partial charge in [0.05, 0.1) is 5.69 Å². The van der Waals surface area contributed by atoms with Crippen molar-refractivity contribution in [3.8, 4) is 0 Å². The van der Waals surface area contributed by atoms with Gasteiger partial charge in [-0.3, -0.25) is 9.34 Å². The number of aliphatic imine (C=N–C) groups is 1. The Bertz CT molecular complexity index is 508. The highest BCUT2D eigenvalue weighted by atomic mass is 32.4. The Hall–Kier alpha value is -0.740. The minimum absolute atomic E-state index is 0.936. The third-order valence-corrected chi connectivity index (χ3v) is 8.65. The lowest BCUT2D eigenvalue weighted by molar-refractivity contribution is 0.565. The molecule has 0 aliphatic carbocycles. The zero-order chi connectivity index (χ0) is 15.5. The molecule has 0 heterocycles. The summed E-state index contributed by atoms with van der Waals surface area (Å²) >= 11 is 5.96. The van der Waals surface area contributed by atoms with Gasteiger partial charge in [0.2, 0.25) is 0 Å². The van der Waals surface area contributed by atoms with E-state index in [-0.39, 0.29) is 0 Å². The van der Waals surface area contributed by atoms with Crippen molar-refractivity contribution >= 4 is 29.4 Å². The van der Waals surface area contributed by atoms with Crippen molar-refractivity contribution in [2.75, 3.05) is 42.3 Å². The Labute approximate surface area is 128 Å². The van der Waals surface area contributed by atoms with Gasteiger partial charge in [-0.25, -0.2) is 4.99 Å². The molecular weight excluding hydrogens is 287 g/mol. The number of hydrogen-bond acceptors (Lipinski definition) is 2. The molecule has 1 aromatic carbocycles. The fraction of sp³-hybridized carbons (Fsp3) is 0.500. The second-order valence-electron chi connectivity index (χ2n) is 5.38. The van der Waals surface area contributed by atoms with Crippen LogP contribution < -0.4 is 0 Å². The summed E-state index contributed by atoms with van der Waals surface area (Å²) in [5.41, 5.74) is 3.11. The molecule has 0 spiro atoms. The number of hydrogen-bond donors (Lipinski definition) is 0. The highest BCUT2D eigenvalue weighted by molar-refractivity contribution is 8.20. The van der Waals surface area contributed by atoms with Gasteiger partial charge < -0.3 is 4.90 Å². The molecule has 0 aliphatic rings. The maximum Gasteiger partial charge on any atom is 0.166 e. The van der Waals surface area contributed by atoms with E-state index in [9.17, 15) is 0 Å². The lowest BCUT2D eigenvalue weighted by atomic mass is 10.2. The summed E-state index contributed by atoms with van der Waals surface area (Å²) in [4.78, 5) is 6.85. The molecule has 20 heavy (non-hydrogen) atoms. The molecule has 0 bridgehead atoms. The third kappa shape index (κ3) is 3.67. The largest absolute Gasteiger partial charge is 0.360 e. The quantitative estimate of drug-likeness (QED) is 0.484. The van der Waals surface area contributed by atoms with Crippen LogP contribution in [0.2, 0.25) is 0 Å². The predicted octanol–water partition coefficient (Wildman–Crippen LogP) is 2.98. The zero-order valence-corrected chi connectivity index (χ0v) is 15.2. The van der Waals surface area contributed by atoms with Crippen LogP contribution >= 0.6 is 6.34 Å². The maximum atomic E-state index is 5.96. The van der Waals surface area contributed by atoms with Crippen LogP contribution in [0.1, 0.15) is 5.56 Å². The molecule has 6 heteroatoms. The molecule has 0 radical (unpaired) electrons. The summed E-state index contributed by atoms with van der Waals surface area (Å²) in [5.74, 6) is 0. The zero-order valence-electron chi connectivity index (χ0n) is 13.5. The fourth-order valence-electron chi connectivity index (χ4n) is 1.88. The van der Waals surface area contributed by atoms with Crippen molar-refractivity contribution in [1.29, 1.82) is 0 Å². The van der Waals surface area contributed by atoms with Gasteiger partial charge in [-0.2, -0.15) is 0 Å². The van der Waals surface area contributed by atoms with Crippen molar-refractivity contribution < 1.29 is 0 Å². The molecule has 0 N–H and O–H groups in total. The topological polar surface area (TPSA) is 22.1 Å². The predicted molar refractivity (Wildman–Crippen MR) is 93.6 cm³/mol. The summed E-state index contributed by atoms with van der Waals surface area (Å²) in [5, 5.41) is 0. The van der Waals surface area contributed by atoms with Crippen LogP contribution in [-0.2, 0) is 11.8 Å². The molecule has 1 aromatic rings. The van der Waals surface area contributed by atoms with E-state index in [1.807, 2.05) is 59.3 Å². The fourth-order valence-corrected chi connectivity index (χ4v) is 4.69. The second-order valence-corrected chi connectivity index (χ2v) is 10.00. The van der Waals surface area contributed by atoms with Gasteiger partial charge >= 0.3 is 0 Å². The van der Waals surface area contributed by atoms with Crippen LogP contribution in [0.5, 0.6) is 0 Å². The number of amidine groups is 1. The van der Waals surface area contributed by atoms with E-state index in [2.05, 4.69) is 28.4 Å². The number of nitrogens with zero attached hydrogens (tertiary/aromatic N) is 4. The smallest absolute Gasteiger partial charge is 0.166 e. The molecular formula is C14H25N4PS. The minimum atomic E-state index is -2.03. The van der Waals surface area contributed by atoms with Gasteiger partial charge in [-0.05, 0) is 47.2 Å². The monoisotopic (exact) mass is 312 g/mol. The van der Waals surface area contributed by atoms with Crippen LogP contribution in [-0.4, -0.2) is 62.1 Å². The summed E-state index contributed by atoms with van der Waals surface area (Å²) in [6, 6.07) is 8.20. The van der Waals surface area contributed by atoms with Gasteiger partial charge in [0, 0.05) is 14.1 Å². The molecule has 0 atom stereocenters. The lowest BCUT2D eigenvalue weighted by Gasteiger charge is -2.38. The Balaban J connectivity index is 3.37. The third-order valence-electron chi connectivity index (χ3n) is 3.01. The van der Waals surface area contributed by atoms with Crippen molar-refractivity contribution in [2.24, 2.45) is 4.99 Å². The van der Waals surface area contributed by atoms with E-state index in [1.165, 1.54) is 5.56 Å². The Morgan fingerprint density at radius 1 is 0.950 bits per heavy atom. The summed E-state index contributed by atoms with van der Waals surface area (Å²) in [6.07, 6.45) is -2.03. The first-order valence-electron chi connectivity index (χ1n) is 6.48.